The zero-order chi connectivity index (χ0) is 0. The molecule has 0 aliphatic heterocycles. The SMILES string of the molecule is [Cu].[Hf].[Ni].[Ti]. The van der Waals surface area contributed by atoms with Gasteiger partial charge >= 0.3 is 0 Å². The molecule has 0 spiro atoms. The van der Waals surface area contributed by atoms with Gasteiger partial charge in [-0.25, -0.2) is 0 Å². The number of hydrogen-bond donors (Lipinski definition) is 0. The van der Waals surface area contributed by atoms with Crippen molar-refractivity contribution in [2.45, 2.75) is 0 Å². The predicted octanol–water partition coefficient (Wildman–Crippen LogP) is -0.0100. The molecule has 0 atom stereocenters. The van der Waals surface area contributed by atoms with Crippen LogP contribution in [0.1, 0.15) is 0 Å². The summed E-state index contributed by atoms with van der Waals surface area (Å²) in [6.07, 6.45) is 0. The van der Waals surface area contributed by atoms with E-state index >= 15 is 0 Å². The van der Waals surface area contributed by atoms with Gasteiger partial charge in [-0.1, -0.05) is 0 Å². The fraction of sp³-hybridized carbons (Fsp3) is 0. The van der Waals surface area contributed by atoms with Crippen molar-refractivity contribution in [2.24, 2.45) is 0 Å². The van der Waals surface area contributed by atoms with Crippen LogP contribution in [0.4, 0.5) is 0 Å². The van der Waals surface area contributed by atoms with Gasteiger partial charge in [0, 0.05) is 81.1 Å². The van der Waals surface area contributed by atoms with E-state index in [1.165, 1.54) is 0 Å². The molecular formula is CuHfNiTi. The maximum absolute atomic E-state index is 0. The third-order valence-electron chi connectivity index (χ3n) is 0. The molecule has 0 aromatic carbocycles. The normalized spacial score (nSPS) is 0. The zero-order valence-electron chi connectivity index (χ0n) is 1.62. The van der Waals surface area contributed by atoms with Gasteiger partial charge in [-0.3, -0.25) is 0 Å². The molecule has 0 aromatic rings. The van der Waals surface area contributed by atoms with Crippen LogP contribution in [0.25, 0.3) is 0 Å². The summed E-state index contributed by atoms with van der Waals surface area (Å²) in [5.41, 5.74) is 0. The Hall–Kier alpha value is 2.60. The molecule has 0 aliphatic rings. The van der Waals surface area contributed by atoms with Gasteiger partial charge in [-0.15, -0.1) is 0 Å². The third kappa shape index (κ3) is 8.82. The second-order valence-corrected chi connectivity index (χ2v) is 0. The second-order valence-electron chi connectivity index (χ2n) is 0. The fourth-order valence-electron chi connectivity index (χ4n) is 0. The van der Waals surface area contributed by atoms with Crippen LogP contribution in [0.3, 0.4) is 0 Å². The van der Waals surface area contributed by atoms with E-state index < -0.39 is 0 Å². The van der Waals surface area contributed by atoms with Crippen LogP contribution in [0, 0.1) is 0 Å². The van der Waals surface area contributed by atoms with Gasteiger partial charge in [0.15, 0.2) is 0 Å². The first-order valence-corrected chi connectivity index (χ1v) is 0. The summed E-state index contributed by atoms with van der Waals surface area (Å²) in [4.78, 5) is 0. The molecule has 0 bridgehead atoms. The standard InChI is InChI=1S/Cu.Hf.Ni.Ti. The molecule has 0 aromatic heterocycles. The van der Waals surface area contributed by atoms with E-state index in [0.29, 0.717) is 0 Å². The van der Waals surface area contributed by atoms with Gasteiger partial charge in [-0.05, 0) is 0 Å². The molecule has 4 heteroatoms. The molecule has 0 saturated carbocycles. The minimum absolute atomic E-state index is 0. The van der Waals surface area contributed by atoms with Crippen molar-refractivity contribution in [2.75, 3.05) is 0 Å². The van der Waals surface area contributed by atoms with Gasteiger partial charge in [0.2, 0.25) is 0 Å². The summed E-state index contributed by atoms with van der Waals surface area (Å²) in [6, 6.07) is 0. The Balaban J connectivity index is 0. The molecule has 4 heavy (non-hydrogen) atoms. The first kappa shape index (κ1) is 30.6. The van der Waals surface area contributed by atoms with E-state index in [1.54, 1.807) is 0 Å². The molecule has 0 aliphatic carbocycles. The molecule has 29 valence electrons. The van der Waals surface area contributed by atoms with E-state index in [1.807, 2.05) is 0 Å². The van der Waals surface area contributed by atoms with Crippen molar-refractivity contribution in [1.82, 2.24) is 0 Å². The molecule has 0 rings (SSSR count). The molecule has 0 saturated heterocycles. The van der Waals surface area contributed by atoms with Gasteiger partial charge in [0.05, 0.1) is 0 Å². The molecule has 0 unspecified atom stereocenters. The van der Waals surface area contributed by atoms with E-state index in [9.17, 15) is 0 Å². The summed E-state index contributed by atoms with van der Waals surface area (Å²) >= 11 is 0. The van der Waals surface area contributed by atoms with Crippen molar-refractivity contribution >= 4 is 0 Å². The summed E-state index contributed by atoms with van der Waals surface area (Å²) in [6.45, 7) is 0. The van der Waals surface area contributed by atoms with Crippen LogP contribution in [0.2, 0.25) is 0 Å². The summed E-state index contributed by atoms with van der Waals surface area (Å²) in [7, 11) is 0. The van der Waals surface area contributed by atoms with Crippen molar-refractivity contribution in [3.05, 3.63) is 0 Å². The van der Waals surface area contributed by atoms with Crippen LogP contribution in [-0.4, -0.2) is 0 Å². The fourth-order valence-corrected chi connectivity index (χ4v) is 0. The van der Waals surface area contributed by atoms with E-state index in [0.717, 1.165) is 0 Å². The maximum Gasteiger partial charge on any atom is 0 e. The third-order valence-corrected chi connectivity index (χ3v) is 0. The Bertz CT molecular complexity index is 8.00. The number of hydrogen-bond acceptors (Lipinski definition) is 0. The second kappa shape index (κ2) is 17.5. The summed E-state index contributed by atoms with van der Waals surface area (Å²) in [5.74, 6) is 0. The molecular weight excluding hydrogens is 349 g/mol. The molecule has 0 N–H and O–H groups in total. The van der Waals surface area contributed by atoms with Crippen LogP contribution < -0.4 is 0 Å². The molecule has 0 amide bonds. The Morgan fingerprint density at radius 3 is 1.00 bits per heavy atom. The van der Waals surface area contributed by atoms with Crippen molar-refractivity contribution in [3.63, 3.8) is 0 Å². The quantitative estimate of drug-likeness (QED) is 0.540. The first-order valence-electron chi connectivity index (χ1n) is 0. The minimum Gasteiger partial charge on any atom is 0 e. The average Bonchev–Trinajstić information content (AvgIpc) is 0. The Labute approximate surface area is 79.9 Å². The Morgan fingerprint density at radius 1 is 1.00 bits per heavy atom. The van der Waals surface area contributed by atoms with Gasteiger partial charge in [0.1, 0.15) is 0 Å². The molecule has 0 heterocycles. The van der Waals surface area contributed by atoms with Gasteiger partial charge < -0.3 is 0 Å². The summed E-state index contributed by atoms with van der Waals surface area (Å²) in [5, 5.41) is 0. The Kier molecular flexibility index (Phi) is 134. The monoisotopic (exact) mass is 349 g/mol. The molecule has 0 nitrogen and oxygen atoms in total. The van der Waals surface area contributed by atoms with Crippen LogP contribution >= 0.6 is 0 Å². The van der Waals surface area contributed by atoms with E-state index in [2.05, 4.69) is 0 Å². The van der Waals surface area contributed by atoms with Crippen LogP contribution in [0.5, 0.6) is 0 Å². The average molecular weight is 349 g/mol. The van der Waals surface area contributed by atoms with E-state index in [-0.39, 0.29) is 81.1 Å². The largest absolute Gasteiger partial charge is 0 e. The van der Waals surface area contributed by atoms with Crippen LogP contribution in [0.15, 0.2) is 0 Å². The van der Waals surface area contributed by atoms with Crippen molar-refractivity contribution < 1.29 is 81.1 Å². The van der Waals surface area contributed by atoms with Gasteiger partial charge in [-0.2, -0.15) is 0 Å². The maximum atomic E-state index is 0. The van der Waals surface area contributed by atoms with Crippen molar-refractivity contribution in [3.8, 4) is 0 Å². The van der Waals surface area contributed by atoms with E-state index in [4.69, 9.17) is 0 Å². The molecule has 1 radical (unpaired) electrons. The minimum atomic E-state index is 0. The first-order chi connectivity index (χ1) is 0. The summed E-state index contributed by atoms with van der Waals surface area (Å²) < 4.78 is 0. The van der Waals surface area contributed by atoms with Gasteiger partial charge in [0.25, 0.3) is 0 Å². The molecule has 0 fully saturated rings. The Morgan fingerprint density at radius 2 is 1.00 bits per heavy atom. The van der Waals surface area contributed by atoms with Crippen LogP contribution in [-0.2, 0) is 81.1 Å². The topological polar surface area (TPSA) is 0 Å². The zero-order valence-corrected chi connectivity index (χ0v) is 8.70. The number of rotatable bonds is 0. The predicted molar refractivity (Wildman–Crippen MR) is 0 cm³/mol. The smallest absolute Gasteiger partial charge is 0 e. The van der Waals surface area contributed by atoms with Crippen molar-refractivity contribution in [1.29, 1.82) is 0 Å².